The Morgan fingerprint density at radius 2 is 1.89 bits per heavy atom. The second kappa shape index (κ2) is 12.7. The number of amidine groups is 1. The van der Waals surface area contributed by atoms with Crippen molar-refractivity contribution in [2.45, 2.75) is 38.6 Å². The first kappa shape index (κ1) is 27.5. The van der Waals surface area contributed by atoms with E-state index in [0.717, 1.165) is 48.9 Å². The number of nitrogens with one attached hydrogen (secondary N) is 2. The van der Waals surface area contributed by atoms with E-state index < -0.39 is 23.6 Å². The predicted octanol–water partition coefficient (Wildman–Crippen LogP) is 3.97. The van der Waals surface area contributed by atoms with Gasteiger partial charge in [0.05, 0.1) is 29.8 Å². The highest BCUT2D eigenvalue weighted by molar-refractivity contribution is 7.16. The summed E-state index contributed by atoms with van der Waals surface area (Å²) in [5.41, 5.74) is 1.90. The van der Waals surface area contributed by atoms with Crippen LogP contribution in [0.25, 0.3) is 0 Å². The van der Waals surface area contributed by atoms with Gasteiger partial charge >= 0.3 is 11.9 Å². The zero-order valence-electron chi connectivity index (χ0n) is 20.1. The van der Waals surface area contributed by atoms with Crippen molar-refractivity contribution < 1.29 is 33.3 Å². The van der Waals surface area contributed by atoms with Crippen molar-refractivity contribution in [3.05, 3.63) is 40.3 Å². The lowest BCUT2D eigenvalue weighted by Gasteiger charge is -2.35. The molecule has 1 saturated heterocycles. The summed E-state index contributed by atoms with van der Waals surface area (Å²) in [6.45, 7) is 5.23. The number of halogens is 2. The summed E-state index contributed by atoms with van der Waals surface area (Å²) in [5, 5.41) is 23.5. The van der Waals surface area contributed by atoms with Gasteiger partial charge in [-0.15, -0.1) is 11.3 Å². The number of carbonyl (C=O) groups is 2. The maximum atomic E-state index is 13.9. The van der Waals surface area contributed by atoms with Crippen LogP contribution in [-0.2, 0) is 20.7 Å². The highest BCUT2D eigenvalue weighted by Gasteiger charge is 2.28. The number of piperazine rings is 1. The van der Waals surface area contributed by atoms with E-state index in [1.54, 1.807) is 18.4 Å². The van der Waals surface area contributed by atoms with E-state index in [-0.39, 0.29) is 12.8 Å². The van der Waals surface area contributed by atoms with Gasteiger partial charge in [0.25, 0.3) is 0 Å². The minimum absolute atomic E-state index is 0.296. The first-order chi connectivity index (χ1) is 17.2. The summed E-state index contributed by atoms with van der Waals surface area (Å²) in [4.78, 5) is 27.5. The molecule has 2 aliphatic rings. The Labute approximate surface area is 211 Å². The Morgan fingerprint density at radius 1 is 1.19 bits per heavy atom. The van der Waals surface area contributed by atoms with Gasteiger partial charge in [0.1, 0.15) is 10.8 Å². The first-order valence-electron chi connectivity index (χ1n) is 11.6. The lowest BCUT2D eigenvalue weighted by atomic mass is 10.1. The molecular weight excluding hydrogens is 494 g/mol. The molecule has 0 radical (unpaired) electrons. The van der Waals surface area contributed by atoms with Gasteiger partial charge in [-0.1, -0.05) is 6.92 Å². The number of hydrogen-bond donors (Lipinski definition) is 4. The molecule has 36 heavy (non-hydrogen) atoms. The summed E-state index contributed by atoms with van der Waals surface area (Å²) < 4.78 is 32.9. The van der Waals surface area contributed by atoms with Crippen LogP contribution in [0.5, 0.6) is 0 Å². The van der Waals surface area contributed by atoms with Crippen molar-refractivity contribution in [1.29, 1.82) is 0 Å². The summed E-state index contributed by atoms with van der Waals surface area (Å²) in [5.74, 6) is -3.10. The SMILES string of the molecule is CCc1cc2c(s1)Nc1cc(F)c(F)cc1N=C2N1CCN[C@@H](CCOC)C1.O=C(O)CCC(=O)O. The number of ether oxygens (including phenoxy) is 1. The largest absolute Gasteiger partial charge is 0.481 e. The number of anilines is 2. The third kappa shape index (κ3) is 7.21. The minimum Gasteiger partial charge on any atom is -0.481 e. The number of fused-ring (bicyclic) bond motifs is 2. The predicted molar refractivity (Wildman–Crippen MR) is 134 cm³/mol. The Kier molecular flexibility index (Phi) is 9.73. The number of thiophene rings is 1. The molecule has 1 fully saturated rings. The van der Waals surface area contributed by atoms with E-state index >= 15 is 0 Å². The molecule has 4 N–H and O–H groups in total. The number of aliphatic imine (C=N–C) groups is 1. The minimum atomic E-state index is -1.08. The van der Waals surface area contributed by atoms with Crippen LogP contribution in [0.15, 0.2) is 23.2 Å². The van der Waals surface area contributed by atoms with Crippen LogP contribution >= 0.6 is 11.3 Å². The highest BCUT2D eigenvalue weighted by atomic mass is 32.1. The van der Waals surface area contributed by atoms with E-state index in [9.17, 15) is 18.4 Å². The third-order valence-corrected chi connectivity index (χ3v) is 6.86. The van der Waals surface area contributed by atoms with E-state index in [4.69, 9.17) is 19.9 Å². The molecule has 0 amide bonds. The summed E-state index contributed by atoms with van der Waals surface area (Å²) in [6.07, 6.45) is 1.23. The van der Waals surface area contributed by atoms with Gasteiger partial charge in [-0.3, -0.25) is 9.59 Å². The molecule has 196 valence electrons. The topological polar surface area (TPSA) is 123 Å². The maximum Gasteiger partial charge on any atom is 0.303 e. The summed E-state index contributed by atoms with van der Waals surface area (Å²) in [6, 6.07) is 4.78. The average Bonchev–Trinajstić information content (AvgIpc) is 3.19. The summed E-state index contributed by atoms with van der Waals surface area (Å²) >= 11 is 1.63. The number of nitrogens with zero attached hydrogens (tertiary/aromatic N) is 2. The molecule has 1 aromatic carbocycles. The lowest BCUT2D eigenvalue weighted by molar-refractivity contribution is -0.143. The van der Waals surface area contributed by atoms with Gasteiger partial charge in [0.15, 0.2) is 11.6 Å². The zero-order valence-corrected chi connectivity index (χ0v) is 21.0. The fraction of sp³-hybridized carbons (Fsp3) is 0.458. The molecule has 2 aliphatic heterocycles. The standard InChI is InChI=1S/C20H24F2N4OS.C4H6O4/c1-3-13-8-14-19(26-6-5-23-12(11-26)4-7-27-2)24-17-9-15(21)16(22)10-18(17)25-20(14)28-13;5-3(6)1-2-4(7)8/h8-10,12,23,25H,3-7,11H2,1-2H3;1-2H2,(H,5,6)(H,7,8)/t12-;/m0./s1. The Morgan fingerprint density at radius 3 is 2.53 bits per heavy atom. The molecule has 0 unspecified atom stereocenters. The van der Waals surface area contributed by atoms with Gasteiger partial charge in [0, 0.05) is 56.4 Å². The molecule has 9 nitrogen and oxygen atoms in total. The van der Waals surface area contributed by atoms with Gasteiger partial charge in [-0.25, -0.2) is 13.8 Å². The molecule has 1 aromatic heterocycles. The molecular formula is C24H30F2N4O5S. The van der Waals surface area contributed by atoms with Gasteiger partial charge in [-0.05, 0) is 18.9 Å². The van der Waals surface area contributed by atoms with Crippen LogP contribution in [0.1, 0.15) is 36.6 Å². The lowest BCUT2D eigenvalue weighted by Crippen LogP contribution is -2.53. The van der Waals surface area contributed by atoms with Crippen molar-refractivity contribution in [2.24, 2.45) is 4.99 Å². The molecule has 3 heterocycles. The Bertz CT molecular complexity index is 1110. The molecule has 0 saturated carbocycles. The molecule has 12 heteroatoms. The normalized spacial score (nSPS) is 16.5. The van der Waals surface area contributed by atoms with Gasteiger partial charge in [0.2, 0.25) is 0 Å². The number of rotatable bonds is 7. The number of aliphatic carboxylic acids is 2. The molecule has 0 bridgehead atoms. The van der Waals surface area contributed by atoms with Crippen LogP contribution < -0.4 is 10.6 Å². The van der Waals surface area contributed by atoms with Crippen molar-refractivity contribution in [3.63, 3.8) is 0 Å². The zero-order chi connectivity index (χ0) is 26.2. The quantitative estimate of drug-likeness (QED) is 0.429. The van der Waals surface area contributed by atoms with E-state index in [1.165, 1.54) is 17.0 Å². The fourth-order valence-corrected chi connectivity index (χ4v) is 4.83. The van der Waals surface area contributed by atoms with Crippen molar-refractivity contribution in [2.75, 3.05) is 38.7 Å². The number of benzene rings is 1. The van der Waals surface area contributed by atoms with Crippen LogP contribution in [0, 0.1) is 11.6 Å². The number of carboxylic acid groups (broad SMARTS) is 2. The van der Waals surface area contributed by atoms with Crippen molar-refractivity contribution in [1.82, 2.24) is 10.2 Å². The Balaban J connectivity index is 0.000000392. The van der Waals surface area contributed by atoms with E-state index in [0.29, 0.717) is 24.0 Å². The monoisotopic (exact) mass is 524 g/mol. The highest BCUT2D eigenvalue weighted by Crippen LogP contribution is 2.40. The Hall–Kier alpha value is -3.09. The van der Waals surface area contributed by atoms with Gasteiger partial charge < -0.3 is 30.5 Å². The molecule has 2 aromatic rings. The molecule has 4 rings (SSSR count). The smallest absolute Gasteiger partial charge is 0.303 e. The van der Waals surface area contributed by atoms with Gasteiger partial charge in [-0.2, -0.15) is 0 Å². The van der Waals surface area contributed by atoms with Crippen LogP contribution in [0.3, 0.4) is 0 Å². The maximum absolute atomic E-state index is 13.9. The van der Waals surface area contributed by atoms with E-state index in [2.05, 4.69) is 28.5 Å². The molecule has 0 aliphatic carbocycles. The number of carboxylic acids is 2. The number of hydrogen-bond acceptors (Lipinski definition) is 8. The van der Waals surface area contributed by atoms with E-state index in [1.807, 2.05) is 0 Å². The number of aryl methyl sites for hydroxylation is 1. The second-order valence-electron chi connectivity index (χ2n) is 8.32. The van der Waals surface area contributed by atoms with Crippen LogP contribution in [-0.4, -0.2) is 72.3 Å². The molecule has 1 atom stereocenters. The number of methoxy groups -OCH3 is 1. The molecule has 0 spiro atoms. The van der Waals surface area contributed by atoms with Crippen LogP contribution in [0.4, 0.5) is 25.2 Å². The third-order valence-electron chi connectivity index (χ3n) is 5.66. The van der Waals surface area contributed by atoms with Crippen molar-refractivity contribution >= 4 is 45.5 Å². The summed E-state index contributed by atoms with van der Waals surface area (Å²) in [7, 11) is 1.70. The average molecular weight is 525 g/mol. The van der Waals surface area contributed by atoms with Crippen molar-refractivity contribution in [3.8, 4) is 0 Å². The fourth-order valence-electron chi connectivity index (χ4n) is 3.83. The first-order valence-corrected chi connectivity index (χ1v) is 12.4. The van der Waals surface area contributed by atoms with Crippen LogP contribution in [0.2, 0.25) is 0 Å². The second-order valence-corrected chi connectivity index (χ2v) is 9.46.